The van der Waals surface area contributed by atoms with Crippen LogP contribution in [-0.2, 0) is 11.3 Å². The lowest BCUT2D eigenvalue weighted by molar-refractivity contribution is -0.119. The summed E-state index contributed by atoms with van der Waals surface area (Å²) in [6.45, 7) is 7.03. The Morgan fingerprint density at radius 2 is 2.08 bits per heavy atom. The Bertz CT molecular complexity index is 846. The Morgan fingerprint density at radius 3 is 2.83 bits per heavy atom. The zero-order chi connectivity index (χ0) is 17.1. The summed E-state index contributed by atoms with van der Waals surface area (Å²) in [4.78, 5) is 12.1. The van der Waals surface area contributed by atoms with Gasteiger partial charge in [-0.25, -0.2) is 0 Å². The molecule has 1 atom stereocenters. The van der Waals surface area contributed by atoms with E-state index in [1.807, 2.05) is 25.1 Å². The van der Waals surface area contributed by atoms with Gasteiger partial charge >= 0.3 is 0 Å². The van der Waals surface area contributed by atoms with Crippen molar-refractivity contribution in [1.82, 2.24) is 14.8 Å². The molecule has 5 nitrogen and oxygen atoms in total. The van der Waals surface area contributed by atoms with Gasteiger partial charge in [-0.15, -0.1) is 0 Å². The number of H-pyrrole nitrogens is 1. The van der Waals surface area contributed by atoms with Crippen molar-refractivity contribution < 1.29 is 4.79 Å². The molecule has 0 aliphatic rings. The summed E-state index contributed by atoms with van der Waals surface area (Å²) >= 11 is 0. The minimum atomic E-state index is -0.00255. The number of hydrogen-bond acceptors (Lipinski definition) is 2. The van der Waals surface area contributed by atoms with Crippen LogP contribution in [0.15, 0.2) is 36.4 Å². The molecule has 0 radical (unpaired) electrons. The first-order valence-electron chi connectivity index (χ1n) is 8.59. The molecule has 5 heteroatoms. The highest BCUT2D eigenvalue weighted by Crippen LogP contribution is 2.28. The van der Waals surface area contributed by atoms with Crippen molar-refractivity contribution in [2.24, 2.45) is 5.92 Å². The average Bonchev–Trinajstić information content (AvgIpc) is 3.18. The van der Waals surface area contributed by atoms with E-state index in [4.69, 9.17) is 0 Å². The molecule has 126 valence electrons. The third kappa shape index (κ3) is 3.07. The van der Waals surface area contributed by atoms with Crippen molar-refractivity contribution in [3.8, 4) is 11.4 Å². The number of nitrogens with one attached hydrogen (secondary N) is 2. The highest BCUT2D eigenvalue weighted by Gasteiger charge is 2.15. The van der Waals surface area contributed by atoms with E-state index in [1.54, 1.807) is 0 Å². The first-order chi connectivity index (χ1) is 11.6. The maximum atomic E-state index is 12.1. The molecule has 1 aromatic carbocycles. The third-order valence-electron chi connectivity index (χ3n) is 4.40. The van der Waals surface area contributed by atoms with Crippen molar-refractivity contribution in [1.29, 1.82) is 0 Å². The van der Waals surface area contributed by atoms with Gasteiger partial charge in [0, 0.05) is 29.4 Å². The normalized spacial score (nSPS) is 12.5. The van der Waals surface area contributed by atoms with E-state index in [2.05, 4.69) is 52.1 Å². The van der Waals surface area contributed by atoms with Crippen LogP contribution in [0.4, 0.5) is 5.82 Å². The first kappa shape index (κ1) is 16.3. The monoisotopic (exact) mass is 324 g/mol. The van der Waals surface area contributed by atoms with E-state index in [-0.39, 0.29) is 11.8 Å². The van der Waals surface area contributed by atoms with Crippen molar-refractivity contribution >= 4 is 22.6 Å². The van der Waals surface area contributed by atoms with Gasteiger partial charge < -0.3 is 9.88 Å². The molecule has 0 saturated carbocycles. The number of anilines is 1. The van der Waals surface area contributed by atoms with Gasteiger partial charge in [-0.3, -0.25) is 9.89 Å². The number of aromatic amines is 1. The number of hydrogen-bond donors (Lipinski definition) is 2. The fourth-order valence-corrected chi connectivity index (χ4v) is 3.10. The molecule has 1 amide bonds. The predicted octanol–water partition coefficient (Wildman–Crippen LogP) is 4.43. The summed E-state index contributed by atoms with van der Waals surface area (Å²) in [7, 11) is 0. The molecule has 0 fully saturated rings. The standard InChI is InChI=1S/C19H24N4O/c1-4-8-13(3)19(24)20-18-12-15(21-22-18)17-11-14-9-6-7-10-16(14)23(17)5-2/h6-7,9-13H,4-5,8H2,1-3H3,(H2,20,21,22,24)/t13-/m0/s1. The molecular weight excluding hydrogens is 300 g/mol. The second kappa shape index (κ2) is 6.91. The summed E-state index contributed by atoms with van der Waals surface area (Å²) in [6, 6.07) is 12.4. The predicted molar refractivity (Wildman–Crippen MR) is 97.9 cm³/mol. The van der Waals surface area contributed by atoms with Crippen LogP contribution in [-0.4, -0.2) is 20.7 Å². The number of carbonyl (C=O) groups excluding carboxylic acids is 1. The van der Waals surface area contributed by atoms with Crippen LogP contribution in [0.5, 0.6) is 0 Å². The summed E-state index contributed by atoms with van der Waals surface area (Å²) in [5.74, 6) is 0.592. The fourth-order valence-electron chi connectivity index (χ4n) is 3.10. The Balaban J connectivity index is 1.87. The molecule has 3 rings (SSSR count). The number of amides is 1. The van der Waals surface area contributed by atoms with Crippen LogP contribution >= 0.6 is 0 Å². The number of nitrogens with zero attached hydrogens (tertiary/aromatic N) is 2. The second-order valence-corrected chi connectivity index (χ2v) is 6.18. The zero-order valence-corrected chi connectivity index (χ0v) is 14.5. The number of aryl methyl sites for hydroxylation is 1. The van der Waals surface area contributed by atoms with Crippen LogP contribution in [0.2, 0.25) is 0 Å². The van der Waals surface area contributed by atoms with Gasteiger partial charge in [-0.1, -0.05) is 38.5 Å². The average molecular weight is 324 g/mol. The van der Waals surface area contributed by atoms with Crippen molar-refractivity contribution in [2.75, 3.05) is 5.32 Å². The van der Waals surface area contributed by atoms with E-state index < -0.39 is 0 Å². The molecule has 0 aliphatic heterocycles. The topological polar surface area (TPSA) is 62.7 Å². The lowest BCUT2D eigenvalue weighted by Crippen LogP contribution is -2.20. The van der Waals surface area contributed by atoms with Crippen LogP contribution < -0.4 is 5.32 Å². The number of para-hydroxylation sites is 1. The summed E-state index contributed by atoms with van der Waals surface area (Å²) < 4.78 is 2.24. The van der Waals surface area contributed by atoms with Crippen LogP contribution in [0.25, 0.3) is 22.3 Å². The zero-order valence-electron chi connectivity index (χ0n) is 14.5. The lowest BCUT2D eigenvalue weighted by Gasteiger charge is -2.08. The quantitative estimate of drug-likeness (QED) is 0.705. The van der Waals surface area contributed by atoms with Gasteiger partial charge in [0.2, 0.25) is 5.91 Å². The number of aromatic nitrogens is 3. The van der Waals surface area contributed by atoms with Gasteiger partial charge in [-0.2, -0.15) is 5.10 Å². The van der Waals surface area contributed by atoms with Crippen molar-refractivity contribution in [3.05, 3.63) is 36.4 Å². The first-order valence-corrected chi connectivity index (χ1v) is 8.59. The smallest absolute Gasteiger partial charge is 0.228 e. The highest BCUT2D eigenvalue weighted by molar-refractivity contribution is 5.92. The van der Waals surface area contributed by atoms with Crippen molar-refractivity contribution in [3.63, 3.8) is 0 Å². The Kier molecular flexibility index (Phi) is 4.69. The van der Waals surface area contributed by atoms with Gasteiger partial charge in [0.1, 0.15) is 0 Å². The minimum Gasteiger partial charge on any atom is -0.340 e. The molecule has 2 N–H and O–H groups in total. The maximum absolute atomic E-state index is 12.1. The van der Waals surface area contributed by atoms with Gasteiger partial charge in [0.15, 0.2) is 5.82 Å². The molecule has 3 aromatic rings. The molecule has 24 heavy (non-hydrogen) atoms. The van der Waals surface area contributed by atoms with E-state index in [9.17, 15) is 4.79 Å². The number of fused-ring (bicyclic) bond motifs is 1. The van der Waals surface area contributed by atoms with E-state index in [0.29, 0.717) is 5.82 Å². The molecule has 0 aliphatic carbocycles. The SMILES string of the molecule is CCC[C@H](C)C(=O)Nc1cc(-c2cc3ccccc3n2CC)[nH]n1. The summed E-state index contributed by atoms with van der Waals surface area (Å²) in [6.07, 6.45) is 1.88. The lowest BCUT2D eigenvalue weighted by atomic mass is 10.1. The molecule has 2 heterocycles. The number of benzene rings is 1. The van der Waals surface area contributed by atoms with E-state index >= 15 is 0 Å². The molecule has 2 aromatic heterocycles. The van der Waals surface area contributed by atoms with Crippen LogP contribution in [0.1, 0.15) is 33.6 Å². The van der Waals surface area contributed by atoms with Crippen molar-refractivity contribution in [2.45, 2.75) is 40.2 Å². The largest absolute Gasteiger partial charge is 0.340 e. The van der Waals surface area contributed by atoms with E-state index in [1.165, 1.54) is 10.9 Å². The molecule has 0 bridgehead atoms. The molecule has 0 spiro atoms. The molecular formula is C19H24N4O. The van der Waals surface area contributed by atoms with E-state index in [0.717, 1.165) is 30.8 Å². The molecule has 0 unspecified atom stereocenters. The minimum absolute atomic E-state index is 0.00255. The second-order valence-electron chi connectivity index (χ2n) is 6.18. The van der Waals surface area contributed by atoms with Crippen LogP contribution in [0.3, 0.4) is 0 Å². The number of carbonyl (C=O) groups is 1. The van der Waals surface area contributed by atoms with Crippen LogP contribution in [0, 0.1) is 5.92 Å². The highest BCUT2D eigenvalue weighted by atomic mass is 16.1. The maximum Gasteiger partial charge on any atom is 0.228 e. The Morgan fingerprint density at radius 1 is 1.29 bits per heavy atom. The fraction of sp³-hybridized carbons (Fsp3) is 0.368. The number of rotatable bonds is 6. The van der Waals surface area contributed by atoms with Gasteiger partial charge in [-0.05, 0) is 25.5 Å². The Hall–Kier alpha value is -2.56. The van der Waals surface area contributed by atoms with Gasteiger partial charge in [0.25, 0.3) is 0 Å². The van der Waals surface area contributed by atoms with Gasteiger partial charge in [0.05, 0.1) is 11.4 Å². The molecule has 0 saturated heterocycles. The Labute approximate surface area is 142 Å². The summed E-state index contributed by atoms with van der Waals surface area (Å²) in [5, 5.41) is 11.4. The third-order valence-corrected chi connectivity index (χ3v) is 4.40. The summed E-state index contributed by atoms with van der Waals surface area (Å²) in [5.41, 5.74) is 3.19.